The molecule has 0 aromatic heterocycles. The van der Waals surface area contributed by atoms with E-state index < -0.39 is 8.07 Å². The second kappa shape index (κ2) is 8.06. The quantitative estimate of drug-likeness (QED) is 0.368. The lowest BCUT2D eigenvalue weighted by atomic mass is 10.2. The molecular formula is C14H28O2Si. The normalized spacial score (nSPS) is 21.4. The van der Waals surface area contributed by atoms with Crippen LogP contribution in [0.3, 0.4) is 0 Å². The first-order chi connectivity index (χ1) is 8.14. The van der Waals surface area contributed by atoms with Crippen molar-refractivity contribution in [3.05, 3.63) is 12.7 Å². The zero-order chi connectivity index (χ0) is 12.6. The summed E-state index contributed by atoms with van der Waals surface area (Å²) in [5, 5.41) is 0. The lowest BCUT2D eigenvalue weighted by molar-refractivity contribution is -0.162. The van der Waals surface area contributed by atoms with E-state index in [-0.39, 0.29) is 6.29 Å². The standard InChI is InChI=1S/C14H28O2Si/c1-4-12-17(2,3)13-8-7-11-16-14-9-5-6-10-15-14/h4,14H,1,5-13H2,2-3H3. The fourth-order valence-corrected chi connectivity index (χ4v) is 4.45. The van der Waals surface area contributed by atoms with Crippen molar-refractivity contribution in [2.75, 3.05) is 13.2 Å². The molecule has 100 valence electrons. The Morgan fingerprint density at radius 1 is 1.35 bits per heavy atom. The molecule has 1 unspecified atom stereocenters. The Kier molecular flexibility index (Phi) is 7.08. The van der Waals surface area contributed by atoms with Gasteiger partial charge >= 0.3 is 0 Å². The van der Waals surface area contributed by atoms with E-state index in [4.69, 9.17) is 9.47 Å². The van der Waals surface area contributed by atoms with E-state index in [1.165, 1.54) is 37.8 Å². The van der Waals surface area contributed by atoms with Gasteiger partial charge in [0.2, 0.25) is 0 Å². The van der Waals surface area contributed by atoms with Crippen molar-refractivity contribution in [2.45, 2.75) is 63.6 Å². The summed E-state index contributed by atoms with van der Waals surface area (Å²) in [6.07, 6.45) is 8.16. The molecule has 0 amide bonds. The average molecular weight is 256 g/mol. The van der Waals surface area contributed by atoms with Crippen LogP contribution in [0.2, 0.25) is 25.2 Å². The highest BCUT2D eigenvalue weighted by atomic mass is 28.3. The van der Waals surface area contributed by atoms with Crippen molar-refractivity contribution < 1.29 is 9.47 Å². The van der Waals surface area contributed by atoms with Gasteiger partial charge in [0, 0.05) is 13.2 Å². The summed E-state index contributed by atoms with van der Waals surface area (Å²) in [6, 6.07) is 2.62. The average Bonchev–Trinajstić information content (AvgIpc) is 2.30. The number of hydrogen-bond acceptors (Lipinski definition) is 2. The predicted molar refractivity (Wildman–Crippen MR) is 76.1 cm³/mol. The second-order valence-electron chi connectivity index (χ2n) is 5.78. The molecule has 1 atom stereocenters. The maximum atomic E-state index is 5.73. The Balaban J connectivity index is 1.98. The third kappa shape index (κ3) is 7.01. The minimum atomic E-state index is -0.998. The molecule has 3 heteroatoms. The lowest BCUT2D eigenvalue weighted by Crippen LogP contribution is -2.24. The van der Waals surface area contributed by atoms with E-state index in [9.17, 15) is 0 Å². The third-order valence-electron chi connectivity index (χ3n) is 3.39. The van der Waals surface area contributed by atoms with E-state index in [0.717, 1.165) is 19.6 Å². The SMILES string of the molecule is C=CC[Si](C)(C)CCCCOC1CCCCO1. The van der Waals surface area contributed by atoms with Crippen molar-refractivity contribution in [3.8, 4) is 0 Å². The Bertz CT molecular complexity index is 210. The highest BCUT2D eigenvalue weighted by molar-refractivity contribution is 6.77. The molecule has 0 aliphatic carbocycles. The highest BCUT2D eigenvalue weighted by Gasteiger charge is 2.18. The van der Waals surface area contributed by atoms with Crippen LogP contribution in [-0.2, 0) is 9.47 Å². The van der Waals surface area contributed by atoms with Gasteiger partial charge in [-0.1, -0.05) is 31.6 Å². The summed E-state index contributed by atoms with van der Waals surface area (Å²) in [6.45, 7) is 10.5. The molecule has 0 aromatic rings. The first-order valence-corrected chi connectivity index (χ1v) is 10.4. The first kappa shape index (κ1) is 14.9. The molecule has 0 aromatic carbocycles. The molecule has 1 heterocycles. The van der Waals surface area contributed by atoms with Gasteiger partial charge in [-0.2, -0.15) is 0 Å². The molecule has 1 rings (SSSR count). The molecule has 0 saturated carbocycles. The summed E-state index contributed by atoms with van der Waals surface area (Å²) >= 11 is 0. The largest absolute Gasteiger partial charge is 0.353 e. The first-order valence-electron chi connectivity index (χ1n) is 6.98. The number of unbranched alkanes of at least 4 members (excludes halogenated alkanes) is 1. The van der Waals surface area contributed by atoms with E-state index in [1.54, 1.807) is 0 Å². The predicted octanol–water partition coefficient (Wildman–Crippen LogP) is 4.20. The maximum absolute atomic E-state index is 5.73. The smallest absolute Gasteiger partial charge is 0.157 e. The molecule has 1 aliphatic rings. The number of hydrogen-bond donors (Lipinski definition) is 0. The lowest BCUT2D eigenvalue weighted by Gasteiger charge is -2.23. The fourth-order valence-electron chi connectivity index (χ4n) is 2.26. The Hall–Kier alpha value is -0.123. The van der Waals surface area contributed by atoms with Crippen LogP contribution >= 0.6 is 0 Å². The van der Waals surface area contributed by atoms with Crippen molar-refractivity contribution in [1.82, 2.24) is 0 Å². The van der Waals surface area contributed by atoms with Crippen molar-refractivity contribution in [1.29, 1.82) is 0 Å². The molecular weight excluding hydrogens is 228 g/mol. The topological polar surface area (TPSA) is 18.5 Å². The molecule has 0 N–H and O–H groups in total. The third-order valence-corrected chi connectivity index (χ3v) is 6.49. The van der Waals surface area contributed by atoms with Gasteiger partial charge in [0.25, 0.3) is 0 Å². The molecule has 0 radical (unpaired) electrons. The van der Waals surface area contributed by atoms with Crippen LogP contribution in [-0.4, -0.2) is 27.6 Å². The van der Waals surface area contributed by atoms with E-state index in [0.29, 0.717) is 0 Å². The van der Waals surface area contributed by atoms with Crippen molar-refractivity contribution in [2.24, 2.45) is 0 Å². The Labute approximate surface area is 107 Å². The highest BCUT2D eigenvalue weighted by Crippen LogP contribution is 2.19. The number of ether oxygens (including phenoxy) is 2. The molecule has 2 nitrogen and oxygen atoms in total. The number of allylic oxidation sites excluding steroid dienone is 1. The van der Waals surface area contributed by atoms with Gasteiger partial charge in [-0.25, -0.2) is 0 Å². The van der Waals surface area contributed by atoms with Crippen LogP contribution in [0.5, 0.6) is 0 Å². The van der Waals surface area contributed by atoms with Crippen molar-refractivity contribution >= 4 is 8.07 Å². The van der Waals surface area contributed by atoms with Crippen LogP contribution < -0.4 is 0 Å². The monoisotopic (exact) mass is 256 g/mol. The van der Waals surface area contributed by atoms with E-state index in [2.05, 4.69) is 25.7 Å². The minimum Gasteiger partial charge on any atom is -0.353 e. The van der Waals surface area contributed by atoms with Gasteiger partial charge in [-0.15, -0.1) is 6.58 Å². The summed E-state index contributed by atoms with van der Waals surface area (Å²) in [5.41, 5.74) is 0. The van der Waals surface area contributed by atoms with Crippen molar-refractivity contribution in [3.63, 3.8) is 0 Å². The minimum absolute atomic E-state index is 0.0854. The summed E-state index contributed by atoms with van der Waals surface area (Å²) in [7, 11) is -0.998. The van der Waals surface area contributed by atoms with Crippen LogP contribution in [0.25, 0.3) is 0 Å². The molecule has 1 fully saturated rings. The summed E-state index contributed by atoms with van der Waals surface area (Å²) in [5.74, 6) is 0. The van der Waals surface area contributed by atoms with Crippen LogP contribution in [0.1, 0.15) is 32.1 Å². The van der Waals surface area contributed by atoms with E-state index >= 15 is 0 Å². The zero-order valence-corrected chi connectivity index (χ0v) is 12.5. The van der Waals surface area contributed by atoms with Crippen LogP contribution in [0.15, 0.2) is 12.7 Å². The zero-order valence-electron chi connectivity index (χ0n) is 11.5. The Morgan fingerprint density at radius 3 is 2.82 bits per heavy atom. The van der Waals surface area contributed by atoms with Gasteiger partial charge in [-0.3, -0.25) is 0 Å². The fraction of sp³-hybridized carbons (Fsp3) is 0.857. The van der Waals surface area contributed by atoms with E-state index in [1.807, 2.05) is 0 Å². The van der Waals surface area contributed by atoms with Gasteiger partial charge in [0.05, 0.1) is 8.07 Å². The van der Waals surface area contributed by atoms with Gasteiger partial charge in [0.15, 0.2) is 6.29 Å². The second-order valence-corrected chi connectivity index (χ2v) is 11.0. The molecule has 1 aliphatic heterocycles. The molecule has 17 heavy (non-hydrogen) atoms. The Morgan fingerprint density at radius 2 is 2.18 bits per heavy atom. The molecule has 1 saturated heterocycles. The number of rotatable bonds is 8. The van der Waals surface area contributed by atoms with Gasteiger partial charge in [-0.05, 0) is 31.7 Å². The molecule has 0 spiro atoms. The summed E-state index contributed by atoms with van der Waals surface area (Å²) in [4.78, 5) is 0. The summed E-state index contributed by atoms with van der Waals surface area (Å²) < 4.78 is 11.3. The van der Waals surface area contributed by atoms with Gasteiger partial charge in [0.1, 0.15) is 0 Å². The maximum Gasteiger partial charge on any atom is 0.157 e. The van der Waals surface area contributed by atoms with Crippen LogP contribution in [0.4, 0.5) is 0 Å². The van der Waals surface area contributed by atoms with Crippen LogP contribution in [0, 0.1) is 0 Å². The molecule has 0 bridgehead atoms. The van der Waals surface area contributed by atoms with Gasteiger partial charge < -0.3 is 9.47 Å².